The van der Waals surface area contributed by atoms with E-state index < -0.39 is 0 Å². The molecule has 1 heterocycles. The first-order valence-electron chi connectivity index (χ1n) is 6.52. The van der Waals surface area contributed by atoms with Gasteiger partial charge in [-0.05, 0) is 44.5 Å². The number of benzene rings is 1. The molecule has 1 saturated heterocycles. The van der Waals surface area contributed by atoms with Crippen molar-refractivity contribution in [2.45, 2.75) is 32.1 Å². The molecule has 2 rings (SSSR count). The predicted octanol–water partition coefficient (Wildman–Crippen LogP) is 2.83. The number of halogens is 1. The van der Waals surface area contributed by atoms with Gasteiger partial charge in [-0.3, -0.25) is 0 Å². The fraction of sp³-hybridized carbons (Fsp3) is 0.571. The minimum Gasteiger partial charge on any atom is -0.398 e. The van der Waals surface area contributed by atoms with E-state index in [-0.39, 0.29) is 5.82 Å². The molecule has 1 fully saturated rings. The molecule has 0 atom stereocenters. The van der Waals surface area contributed by atoms with E-state index in [0.29, 0.717) is 11.3 Å². The van der Waals surface area contributed by atoms with Gasteiger partial charge in [-0.1, -0.05) is 18.9 Å². The summed E-state index contributed by atoms with van der Waals surface area (Å²) in [7, 11) is 0. The smallest absolute Gasteiger partial charge is 0.128 e. The van der Waals surface area contributed by atoms with E-state index in [1.165, 1.54) is 31.7 Å². The highest BCUT2D eigenvalue weighted by atomic mass is 19.1. The van der Waals surface area contributed by atoms with Crippen molar-refractivity contribution in [3.63, 3.8) is 0 Å². The summed E-state index contributed by atoms with van der Waals surface area (Å²) in [6.45, 7) is 3.22. The molecular weight excluding hydrogens is 215 g/mol. The van der Waals surface area contributed by atoms with Gasteiger partial charge in [-0.15, -0.1) is 0 Å². The average molecular weight is 236 g/mol. The van der Waals surface area contributed by atoms with Gasteiger partial charge in [0, 0.05) is 17.8 Å². The van der Waals surface area contributed by atoms with Gasteiger partial charge in [0.15, 0.2) is 0 Å². The maximum Gasteiger partial charge on any atom is 0.128 e. The molecule has 0 saturated carbocycles. The quantitative estimate of drug-likeness (QED) is 0.818. The summed E-state index contributed by atoms with van der Waals surface area (Å²) in [6.07, 6.45) is 5.93. The van der Waals surface area contributed by atoms with Crippen LogP contribution in [0.1, 0.15) is 31.2 Å². The third-order valence-electron chi connectivity index (χ3n) is 3.53. The second kappa shape index (κ2) is 6.01. The van der Waals surface area contributed by atoms with Crippen molar-refractivity contribution in [2.24, 2.45) is 0 Å². The summed E-state index contributed by atoms with van der Waals surface area (Å²) in [5.74, 6) is -0.167. The van der Waals surface area contributed by atoms with Crippen LogP contribution in [-0.4, -0.2) is 24.5 Å². The van der Waals surface area contributed by atoms with Crippen molar-refractivity contribution >= 4 is 5.69 Å². The molecule has 3 heteroatoms. The molecule has 0 spiro atoms. The van der Waals surface area contributed by atoms with Crippen LogP contribution in [0.3, 0.4) is 0 Å². The number of nitrogens with zero attached hydrogens (tertiary/aromatic N) is 1. The van der Waals surface area contributed by atoms with Crippen LogP contribution in [0.4, 0.5) is 10.1 Å². The maximum atomic E-state index is 13.6. The predicted molar refractivity (Wildman–Crippen MR) is 69.4 cm³/mol. The first-order chi connectivity index (χ1) is 8.27. The standard InChI is InChI=1S/C14H21FN2/c15-13-6-5-7-14(16)12(13)8-11-17-9-3-1-2-4-10-17/h5-7H,1-4,8-11,16H2. The Bertz CT molecular complexity index is 337. The van der Waals surface area contributed by atoms with Gasteiger partial charge in [-0.25, -0.2) is 4.39 Å². The zero-order valence-electron chi connectivity index (χ0n) is 10.3. The molecule has 1 aromatic carbocycles. The van der Waals surface area contributed by atoms with Gasteiger partial charge in [0.1, 0.15) is 5.82 Å². The molecule has 17 heavy (non-hydrogen) atoms. The lowest BCUT2D eigenvalue weighted by Crippen LogP contribution is -2.27. The van der Waals surface area contributed by atoms with Crippen LogP contribution in [0.2, 0.25) is 0 Å². The molecule has 1 aliphatic rings. The lowest BCUT2D eigenvalue weighted by Gasteiger charge is -2.20. The molecule has 2 nitrogen and oxygen atoms in total. The SMILES string of the molecule is Nc1cccc(F)c1CCN1CCCCCC1. The van der Waals surface area contributed by atoms with Crippen molar-refractivity contribution in [2.75, 3.05) is 25.4 Å². The lowest BCUT2D eigenvalue weighted by atomic mass is 10.1. The first-order valence-corrected chi connectivity index (χ1v) is 6.52. The largest absolute Gasteiger partial charge is 0.398 e. The fourth-order valence-corrected chi connectivity index (χ4v) is 2.47. The molecule has 1 aliphatic heterocycles. The highest BCUT2D eigenvalue weighted by molar-refractivity contribution is 5.47. The Kier molecular flexibility index (Phi) is 4.37. The van der Waals surface area contributed by atoms with Crippen LogP contribution in [0.15, 0.2) is 18.2 Å². The zero-order valence-corrected chi connectivity index (χ0v) is 10.3. The molecule has 0 aromatic heterocycles. The number of likely N-dealkylation sites (tertiary alicyclic amines) is 1. The van der Waals surface area contributed by atoms with Crippen molar-refractivity contribution in [1.29, 1.82) is 0 Å². The number of hydrogen-bond donors (Lipinski definition) is 1. The Hall–Kier alpha value is -1.09. The first kappa shape index (κ1) is 12.4. The monoisotopic (exact) mass is 236 g/mol. The van der Waals surface area contributed by atoms with Gasteiger partial charge in [-0.2, -0.15) is 0 Å². The van der Waals surface area contributed by atoms with Gasteiger partial charge < -0.3 is 10.6 Å². The van der Waals surface area contributed by atoms with Gasteiger partial charge >= 0.3 is 0 Å². The summed E-state index contributed by atoms with van der Waals surface area (Å²) in [6, 6.07) is 4.94. The molecular formula is C14H21FN2. The van der Waals surface area contributed by atoms with E-state index in [0.717, 1.165) is 26.1 Å². The molecule has 0 amide bonds. The van der Waals surface area contributed by atoms with Gasteiger partial charge in [0.25, 0.3) is 0 Å². The highest BCUT2D eigenvalue weighted by Gasteiger charge is 2.11. The Morgan fingerprint density at radius 3 is 2.47 bits per heavy atom. The number of anilines is 1. The number of rotatable bonds is 3. The van der Waals surface area contributed by atoms with Crippen LogP contribution < -0.4 is 5.73 Å². The molecule has 94 valence electrons. The van der Waals surface area contributed by atoms with Crippen LogP contribution in [0.25, 0.3) is 0 Å². The van der Waals surface area contributed by atoms with Crippen LogP contribution in [0.5, 0.6) is 0 Å². The van der Waals surface area contributed by atoms with Crippen LogP contribution in [0, 0.1) is 5.82 Å². The van der Waals surface area contributed by atoms with E-state index in [2.05, 4.69) is 4.90 Å². The minimum absolute atomic E-state index is 0.167. The lowest BCUT2D eigenvalue weighted by molar-refractivity contribution is 0.288. The van der Waals surface area contributed by atoms with E-state index in [4.69, 9.17) is 5.73 Å². The fourth-order valence-electron chi connectivity index (χ4n) is 2.47. The average Bonchev–Trinajstić information content (AvgIpc) is 2.57. The maximum absolute atomic E-state index is 13.6. The molecule has 2 N–H and O–H groups in total. The number of hydrogen-bond acceptors (Lipinski definition) is 2. The summed E-state index contributed by atoms with van der Waals surface area (Å²) >= 11 is 0. The third kappa shape index (κ3) is 3.43. The molecule has 0 bridgehead atoms. The molecule has 0 unspecified atom stereocenters. The second-order valence-corrected chi connectivity index (χ2v) is 4.81. The van der Waals surface area contributed by atoms with Gasteiger partial charge in [0.05, 0.1) is 0 Å². The van der Waals surface area contributed by atoms with Crippen molar-refractivity contribution in [1.82, 2.24) is 4.90 Å². The topological polar surface area (TPSA) is 29.3 Å². The third-order valence-corrected chi connectivity index (χ3v) is 3.53. The van der Waals surface area contributed by atoms with Crippen LogP contribution >= 0.6 is 0 Å². The molecule has 0 aliphatic carbocycles. The van der Waals surface area contributed by atoms with Crippen LogP contribution in [-0.2, 0) is 6.42 Å². The van der Waals surface area contributed by atoms with E-state index in [1.54, 1.807) is 12.1 Å². The molecule has 0 radical (unpaired) electrons. The summed E-state index contributed by atoms with van der Waals surface area (Å²) in [5.41, 5.74) is 7.07. The van der Waals surface area contributed by atoms with Gasteiger partial charge in [0.2, 0.25) is 0 Å². The second-order valence-electron chi connectivity index (χ2n) is 4.81. The Morgan fingerprint density at radius 1 is 1.12 bits per heavy atom. The Morgan fingerprint density at radius 2 is 1.82 bits per heavy atom. The summed E-state index contributed by atoms with van der Waals surface area (Å²) in [5, 5.41) is 0. The molecule has 1 aromatic rings. The summed E-state index contributed by atoms with van der Waals surface area (Å²) < 4.78 is 13.6. The Labute approximate surface area is 103 Å². The number of nitrogens with two attached hydrogens (primary N) is 1. The van der Waals surface area contributed by atoms with Crippen molar-refractivity contribution < 1.29 is 4.39 Å². The summed E-state index contributed by atoms with van der Waals surface area (Å²) in [4.78, 5) is 2.43. The Balaban J connectivity index is 1.92. The highest BCUT2D eigenvalue weighted by Crippen LogP contribution is 2.17. The van der Waals surface area contributed by atoms with E-state index in [1.807, 2.05) is 0 Å². The zero-order chi connectivity index (χ0) is 12.1. The van der Waals surface area contributed by atoms with Crippen molar-refractivity contribution in [3.8, 4) is 0 Å². The van der Waals surface area contributed by atoms with E-state index in [9.17, 15) is 4.39 Å². The minimum atomic E-state index is -0.167. The van der Waals surface area contributed by atoms with E-state index >= 15 is 0 Å². The van der Waals surface area contributed by atoms with Crippen molar-refractivity contribution in [3.05, 3.63) is 29.6 Å². The number of nitrogen functional groups attached to an aromatic ring is 1. The normalized spacial score (nSPS) is 17.9.